The van der Waals surface area contributed by atoms with Crippen molar-refractivity contribution < 1.29 is 18.7 Å². The predicted octanol–water partition coefficient (Wildman–Crippen LogP) is 7.25. The third-order valence-corrected chi connectivity index (χ3v) is 8.64. The Bertz CT molecular complexity index is 1410. The fourth-order valence-corrected chi connectivity index (χ4v) is 6.17. The fourth-order valence-electron chi connectivity index (χ4n) is 6.17. The SMILES string of the molecule is Cc1cccc(F)c1C(=O)N1CCCC(C(=O)Nc2cccc(C(C)(C)C)c2)C1c1ccc(NC2CCOC2C)cc1. The van der Waals surface area contributed by atoms with Crippen molar-refractivity contribution in [3.8, 4) is 0 Å². The number of halogens is 1. The largest absolute Gasteiger partial charge is 0.380 e. The van der Waals surface area contributed by atoms with Crippen LogP contribution in [0.2, 0.25) is 0 Å². The summed E-state index contributed by atoms with van der Waals surface area (Å²) in [5, 5.41) is 6.68. The number of hydrogen-bond acceptors (Lipinski definition) is 4. The van der Waals surface area contributed by atoms with Gasteiger partial charge in [0.1, 0.15) is 5.82 Å². The summed E-state index contributed by atoms with van der Waals surface area (Å²) in [7, 11) is 0. The number of carbonyl (C=O) groups is 2. The lowest BCUT2D eigenvalue weighted by molar-refractivity contribution is -0.123. The Balaban J connectivity index is 1.47. The molecule has 2 heterocycles. The number of carbonyl (C=O) groups excluding carboxylic acids is 2. The van der Waals surface area contributed by atoms with Crippen LogP contribution in [0.3, 0.4) is 0 Å². The van der Waals surface area contributed by atoms with Crippen LogP contribution in [0.5, 0.6) is 0 Å². The molecule has 2 fully saturated rings. The standard InChI is InChI=1S/C35H42FN3O3/c1-22-9-6-13-29(36)31(22)34(41)39-19-8-12-28(33(40)38-27-11-7-10-25(21-27)35(3,4)5)32(39)24-14-16-26(17-15-24)37-30-18-20-42-23(30)2/h6-7,9-11,13-17,21,23,28,30,32,37H,8,12,18-20H2,1-5H3,(H,38,40). The zero-order valence-corrected chi connectivity index (χ0v) is 25.2. The summed E-state index contributed by atoms with van der Waals surface area (Å²) in [6, 6.07) is 20.2. The van der Waals surface area contributed by atoms with E-state index in [9.17, 15) is 14.0 Å². The average molecular weight is 572 g/mol. The molecule has 0 saturated carbocycles. The lowest BCUT2D eigenvalue weighted by atomic mass is 9.83. The van der Waals surface area contributed by atoms with Gasteiger partial charge in [-0.05, 0) is 85.5 Å². The normalized spacial score (nSPS) is 22.6. The van der Waals surface area contributed by atoms with Crippen LogP contribution in [-0.2, 0) is 14.9 Å². The molecule has 42 heavy (non-hydrogen) atoms. The van der Waals surface area contributed by atoms with Crippen LogP contribution in [0, 0.1) is 18.7 Å². The van der Waals surface area contributed by atoms with E-state index >= 15 is 0 Å². The van der Waals surface area contributed by atoms with E-state index in [1.807, 2.05) is 42.5 Å². The zero-order chi connectivity index (χ0) is 30.0. The molecule has 6 nitrogen and oxygen atoms in total. The first-order valence-electron chi connectivity index (χ1n) is 15.0. The molecule has 2 aliphatic heterocycles. The molecule has 2 amide bonds. The summed E-state index contributed by atoms with van der Waals surface area (Å²) in [4.78, 5) is 29.6. The monoisotopic (exact) mass is 571 g/mol. The van der Waals surface area contributed by atoms with Crippen LogP contribution in [0.1, 0.15) is 80.0 Å². The van der Waals surface area contributed by atoms with Crippen molar-refractivity contribution in [3.63, 3.8) is 0 Å². The number of likely N-dealkylation sites (tertiary alicyclic amines) is 1. The van der Waals surface area contributed by atoms with Gasteiger partial charge in [0.05, 0.1) is 29.7 Å². The van der Waals surface area contributed by atoms with E-state index in [1.165, 1.54) is 6.07 Å². The first kappa shape index (κ1) is 29.8. The van der Waals surface area contributed by atoms with E-state index < -0.39 is 17.8 Å². The number of amides is 2. The molecule has 7 heteroatoms. The van der Waals surface area contributed by atoms with Gasteiger partial charge in [0, 0.05) is 24.5 Å². The third kappa shape index (κ3) is 6.36. The van der Waals surface area contributed by atoms with Crippen molar-refractivity contribution in [1.29, 1.82) is 0 Å². The summed E-state index contributed by atoms with van der Waals surface area (Å²) in [5.74, 6) is -1.58. The summed E-state index contributed by atoms with van der Waals surface area (Å²) in [5.41, 5.74) is 4.24. The molecular formula is C35H42FN3O3. The number of rotatable bonds is 6. The topological polar surface area (TPSA) is 70.7 Å². The predicted molar refractivity (Wildman–Crippen MR) is 165 cm³/mol. The van der Waals surface area contributed by atoms with Crippen molar-refractivity contribution in [2.24, 2.45) is 5.92 Å². The molecule has 0 aromatic heterocycles. The number of aryl methyl sites for hydroxylation is 1. The molecule has 4 unspecified atom stereocenters. The van der Waals surface area contributed by atoms with Gasteiger partial charge >= 0.3 is 0 Å². The van der Waals surface area contributed by atoms with Crippen molar-refractivity contribution in [1.82, 2.24) is 4.90 Å². The Morgan fingerprint density at radius 1 is 0.976 bits per heavy atom. The maximum absolute atomic E-state index is 15.0. The van der Waals surface area contributed by atoms with Gasteiger partial charge in [-0.25, -0.2) is 4.39 Å². The van der Waals surface area contributed by atoms with E-state index in [4.69, 9.17) is 4.74 Å². The highest BCUT2D eigenvalue weighted by Crippen LogP contribution is 2.39. The minimum absolute atomic E-state index is 0.0624. The third-order valence-electron chi connectivity index (χ3n) is 8.64. The maximum Gasteiger partial charge on any atom is 0.257 e. The first-order chi connectivity index (χ1) is 20.0. The van der Waals surface area contributed by atoms with E-state index in [-0.39, 0.29) is 34.9 Å². The smallest absolute Gasteiger partial charge is 0.257 e. The van der Waals surface area contributed by atoms with Crippen LogP contribution >= 0.6 is 0 Å². The van der Waals surface area contributed by atoms with Crippen LogP contribution in [0.25, 0.3) is 0 Å². The summed E-state index contributed by atoms with van der Waals surface area (Å²) in [6.45, 7) is 11.4. The van der Waals surface area contributed by atoms with Crippen molar-refractivity contribution in [2.75, 3.05) is 23.8 Å². The number of anilines is 2. The second kappa shape index (κ2) is 12.3. The Morgan fingerprint density at radius 2 is 1.71 bits per heavy atom. The lowest BCUT2D eigenvalue weighted by Gasteiger charge is -2.41. The zero-order valence-electron chi connectivity index (χ0n) is 25.2. The summed E-state index contributed by atoms with van der Waals surface area (Å²) < 4.78 is 20.7. The Hall–Kier alpha value is -3.71. The highest BCUT2D eigenvalue weighted by molar-refractivity contribution is 5.98. The number of nitrogens with one attached hydrogen (secondary N) is 2. The Labute approximate surface area is 248 Å². The van der Waals surface area contributed by atoms with Gasteiger partial charge in [-0.15, -0.1) is 0 Å². The van der Waals surface area contributed by atoms with Gasteiger partial charge in [0.2, 0.25) is 5.91 Å². The molecule has 2 saturated heterocycles. The number of benzene rings is 3. The molecule has 2 aliphatic rings. The minimum Gasteiger partial charge on any atom is -0.380 e. The average Bonchev–Trinajstić information content (AvgIpc) is 3.36. The van der Waals surface area contributed by atoms with E-state index in [2.05, 4.69) is 44.4 Å². The fraction of sp³-hybridized carbons (Fsp3) is 0.429. The molecule has 222 valence electrons. The van der Waals surface area contributed by atoms with Gasteiger partial charge in [-0.2, -0.15) is 0 Å². The molecule has 4 atom stereocenters. The van der Waals surface area contributed by atoms with Gasteiger partial charge in [-0.1, -0.05) is 57.2 Å². The van der Waals surface area contributed by atoms with Crippen LogP contribution in [-0.4, -0.2) is 42.0 Å². The van der Waals surface area contributed by atoms with Gasteiger partial charge in [-0.3, -0.25) is 9.59 Å². The van der Waals surface area contributed by atoms with E-state index in [0.717, 1.165) is 35.5 Å². The second-order valence-electron chi connectivity index (χ2n) is 12.7. The number of hydrogen-bond donors (Lipinski definition) is 2. The quantitative estimate of drug-likeness (QED) is 0.327. The van der Waals surface area contributed by atoms with Gasteiger partial charge < -0.3 is 20.3 Å². The highest BCUT2D eigenvalue weighted by Gasteiger charge is 2.40. The summed E-state index contributed by atoms with van der Waals surface area (Å²) >= 11 is 0. The van der Waals surface area contributed by atoms with Gasteiger partial charge in [0.25, 0.3) is 5.91 Å². The Morgan fingerprint density at radius 3 is 2.38 bits per heavy atom. The minimum atomic E-state index is -0.545. The molecule has 3 aromatic rings. The molecule has 2 N–H and O–H groups in total. The second-order valence-corrected chi connectivity index (χ2v) is 12.7. The molecule has 0 aliphatic carbocycles. The van der Waals surface area contributed by atoms with Crippen molar-refractivity contribution in [2.45, 2.75) is 77.5 Å². The number of nitrogens with zero attached hydrogens (tertiary/aromatic N) is 1. The lowest BCUT2D eigenvalue weighted by Crippen LogP contribution is -2.46. The molecule has 0 radical (unpaired) electrons. The van der Waals surface area contributed by atoms with E-state index in [0.29, 0.717) is 24.9 Å². The molecule has 3 aromatic carbocycles. The van der Waals surface area contributed by atoms with Crippen molar-refractivity contribution in [3.05, 3.63) is 94.8 Å². The van der Waals surface area contributed by atoms with Gasteiger partial charge in [0.15, 0.2) is 0 Å². The number of ether oxygens (including phenoxy) is 1. The highest BCUT2D eigenvalue weighted by atomic mass is 19.1. The summed E-state index contributed by atoms with van der Waals surface area (Å²) in [6.07, 6.45) is 2.33. The molecule has 5 rings (SSSR count). The van der Waals surface area contributed by atoms with Crippen molar-refractivity contribution >= 4 is 23.2 Å². The Kier molecular flexibility index (Phi) is 8.69. The molecular weight excluding hydrogens is 529 g/mol. The molecule has 0 bridgehead atoms. The van der Waals surface area contributed by atoms with Crippen LogP contribution in [0.15, 0.2) is 66.7 Å². The van der Waals surface area contributed by atoms with E-state index in [1.54, 1.807) is 24.0 Å². The van der Waals surface area contributed by atoms with Crippen LogP contribution in [0.4, 0.5) is 15.8 Å². The number of piperidine rings is 1. The maximum atomic E-state index is 15.0. The molecule has 0 spiro atoms. The van der Waals surface area contributed by atoms with Crippen LogP contribution < -0.4 is 10.6 Å². The first-order valence-corrected chi connectivity index (χ1v) is 15.0.